The van der Waals surface area contributed by atoms with E-state index in [0.717, 1.165) is 11.3 Å². The zero-order valence-electron chi connectivity index (χ0n) is 18.3. The molecule has 4 rings (SSSR count). The number of hydrogen-bond acceptors (Lipinski definition) is 4. The molecule has 0 saturated carbocycles. The van der Waals surface area contributed by atoms with Crippen molar-refractivity contribution in [1.82, 2.24) is 14.7 Å². The molecule has 3 aromatic rings. The van der Waals surface area contributed by atoms with E-state index in [1.807, 2.05) is 31.2 Å². The quantitative estimate of drug-likeness (QED) is 0.557. The second kappa shape index (κ2) is 9.34. The fourth-order valence-corrected chi connectivity index (χ4v) is 4.03. The average Bonchev–Trinajstić information content (AvgIpc) is 3.24. The molecule has 0 radical (unpaired) electrons. The monoisotopic (exact) mass is 435 g/mol. The number of likely N-dealkylation sites (tertiary alicyclic amines) is 1. The van der Waals surface area contributed by atoms with Gasteiger partial charge in [-0.05, 0) is 62.6 Å². The molecule has 0 N–H and O–H groups in total. The van der Waals surface area contributed by atoms with Crippen molar-refractivity contribution < 1.29 is 18.7 Å². The molecule has 0 aliphatic carbocycles. The van der Waals surface area contributed by atoms with Gasteiger partial charge in [-0.1, -0.05) is 24.3 Å². The average molecular weight is 435 g/mol. The number of ether oxygens (including phenoxy) is 1. The van der Waals surface area contributed by atoms with Crippen molar-refractivity contribution in [3.05, 3.63) is 71.7 Å². The Labute approximate surface area is 186 Å². The van der Waals surface area contributed by atoms with E-state index in [2.05, 4.69) is 5.10 Å². The van der Waals surface area contributed by atoms with E-state index < -0.39 is 5.82 Å². The number of aromatic nitrogens is 2. The number of carbonyl (C=O) groups excluding carboxylic acids is 2. The summed E-state index contributed by atoms with van der Waals surface area (Å²) in [7, 11) is 0. The lowest BCUT2D eigenvalue weighted by atomic mass is 9.97. The van der Waals surface area contributed by atoms with Crippen LogP contribution in [-0.2, 0) is 9.53 Å². The summed E-state index contributed by atoms with van der Waals surface area (Å²) in [5, 5.41) is 4.59. The molecule has 1 amide bonds. The van der Waals surface area contributed by atoms with Gasteiger partial charge in [-0.25, -0.2) is 9.07 Å². The largest absolute Gasteiger partial charge is 0.466 e. The van der Waals surface area contributed by atoms with Crippen molar-refractivity contribution in [2.24, 2.45) is 5.92 Å². The number of benzene rings is 2. The van der Waals surface area contributed by atoms with Gasteiger partial charge in [0.1, 0.15) is 11.5 Å². The molecule has 32 heavy (non-hydrogen) atoms. The lowest BCUT2D eigenvalue weighted by Gasteiger charge is -2.30. The summed E-state index contributed by atoms with van der Waals surface area (Å²) < 4.78 is 21.1. The van der Waals surface area contributed by atoms with E-state index in [4.69, 9.17) is 4.74 Å². The summed E-state index contributed by atoms with van der Waals surface area (Å²) in [6.45, 7) is 5.02. The standard InChI is InChI=1S/C25H26FN3O3/c1-3-32-25(31)18-11-13-28(14-12-18)24(30)23-16-22(20-9-4-5-10-21(20)26)27-29(23)19-8-6-7-17(2)15-19/h4-10,15-16,18H,3,11-14H2,1-2H3. The minimum absolute atomic E-state index is 0.186. The highest BCUT2D eigenvalue weighted by Gasteiger charge is 2.30. The zero-order chi connectivity index (χ0) is 22.7. The van der Waals surface area contributed by atoms with Gasteiger partial charge in [-0.2, -0.15) is 5.10 Å². The molecule has 1 aliphatic rings. The van der Waals surface area contributed by atoms with Gasteiger partial charge < -0.3 is 9.64 Å². The minimum Gasteiger partial charge on any atom is -0.466 e. The van der Waals surface area contributed by atoms with Gasteiger partial charge in [0.15, 0.2) is 0 Å². The normalized spacial score (nSPS) is 14.4. The van der Waals surface area contributed by atoms with Crippen LogP contribution in [0.25, 0.3) is 16.9 Å². The van der Waals surface area contributed by atoms with Gasteiger partial charge in [-0.3, -0.25) is 9.59 Å². The molecule has 0 spiro atoms. The number of aryl methyl sites for hydroxylation is 1. The molecule has 1 aromatic heterocycles. The van der Waals surface area contributed by atoms with Crippen molar-refractivity contribution in [3.63, 3.8) is 0 Å². The second-order valence-corrected chi connectivity index (χ2v) is 7.96. The molecule has 1 aliphatic heterocycles. The lowest BCUT2D eigenvalue weighted by Crippen LogP contribution is -2.41. The first-order valence-corrected chi connectivity index (χ1v) is 10.9. The van der Waals surface area contributed by atoms with Crippen LogP contribution in [0.5, 0.6) is 0 Å². The van der Waals surface area contributed by atoms with Gasteiger partial charge in [0.2, 0.25) is 0 Å². The number of piperidine rings is 1. The van der Waals surface area contributed by atoms with Crippen LogP contribution in [0.2, 0.25) is 0 Å². The first-order chi connectivity index (χ1) is 15.5. The Balaban J connectivity index is 1.66. The predicted octanol–water partition coefficient (Wildman–Crippen LogP) is 4.40. The van der Waals surface area contributed by atoms with E-state index in [9.17, 15) is 14.0 Å². The van der Waals surface area contributed by atoms with Crippen LogP contribution in [-0.4, -0.2) is 46.3 Å². The van der Waals surface area contributed by atoms with Gasteiger partial charge in [-0.15, -0.1) is 0 Å². The van der Waals surface area contributed by atoms with Crippen LogP contribution in [0.15, 0.2) is 54.6 Å². The number of rotatable bonds is 5. The molecule has 0 unspecified atom stereocenters. The second-order valence-electron chi connectivity index (χ2n) is 7.96. The van der Waals surface area contributed by atoms with E-state index in [0.29, 0.717) is 49.5 Å². The maximum Gasteiger partial charge on any atom is 0.309 e. The zero-order valence-corrected chi connectivity index (χ0v) is 18.3. The van der Waals surface area contributed by atoms with Crippen molar-refractivity contribution in [2.75, 3.05) is 19.7 Å². The first kappa shape index (κ1) is 21.7. The number of amides is 1. The minimum atomic E-state index is -0.393. The third kappa shape index (κ3) is 4.42. The first-order valence-electron chi connectivity index (χ1n) is 10.9. The Kier molecular flexibility index (Phi) is 6.35. The molecule has 1 saturated heterocycles. The smallest absolute Gasteiger partial charge is 0.309 e. The van der Waals surface area contributed by atoms with Crippen LogP contribution in [0.3, 0.4) is 0 Å². The molecule has 7 heteroatoms. The molecule has 166 valence electrons. The molecule has 1 fully saturated rings. The van der Waals surface area contributed by atoms with E-state index >= 15 is 0 Å². The third-order valence-electron chi connectivity index (χ3n) is 5.73. The Hall–Kier alpha value is -3.48. The number of halogens is 1. The van der Waals surface area contributed by atoms with Crippen molar-refractivity contribution in [1.29, 1.82) is 0 Å². The highest BCUT2D eigenvalue weighted by Crippen LogP contribution is 2.27. The highest BCUT2D eigenvalue weighted by molar-refractivity contribution is 5.94. The summed E-state index contributed by atoms with van der Waals surface area (Å²) in [4.78, 5) is 27.2. The fraction of sp³-hybridized carbons (Fsp3) is 0.320. The van der Waals surface area contributed by atoms with Crippen LogP contribution >= 0.6 is 0 Å². The molecule has 2 aromatic carbocycles. The van der Waals surface area contributed by atoms with Crippen LogP contribution in [0.4, 0.5) is 4.39 Å². The summed E-state index contributed by atoms with van der Waals surface area (Å²) in [5.74, 6) is -0.972. The Morgan fingerprint density at radius 1 is 1.09 bits per heavy atom. The van der Waals surface area contributed by atoms with Gasteiger partial charge in [0, 0.05) is 18.7 Å². The summed E-state index contributed by atoms with van der Waals surface area (Å²) in [6.07, 6.45) is 1.12. The molecule has 2 heterocycles. The van der Waals surface area contributed by atoms with Crippen LogP contribution in [0.1, 0.15) is 35.8 Å². The topological polar surface area (TPSA) is 64.4 Å². The van der Waals surface area contributed by atoms with Crippen molar-refractivity contribution in [2.45, 2.75) is 26.7 Å². The Morgan fingerprint density at radius 2 is 1.84 bits per heavy atom. The Bertz CT molecular complexity index is 1130. The van der Waals surface area contributed by atoms with E-state index in [1.165, 1.54) is 6.07 Å². The van der Waals surface area contributed by atoms with Crippen molar-refractivity contribution >= 4 is 11.9 Å². The van der Waals surface area contributed by atoms with Crippen LogP contribution in [0, 0.1) is 18.7 Å². The summed E-state index contributed by atoms with van der Waals surface area (Å²) in [5.41, 5.74) is 2.86. The molecule has 0 bridgehead atoms. The van der Waals surface area contributed by atoms with Crippen molar-refractivity contribution in [3.8, 4) is 16.9 Å². The van der Waals surface area contributed by atoms with E-state index in [1.54, 1.807) is 40.8 Å². The number of carbonyl (C=O) groups is 2. The van der Waals surface area contributed by atoms with E-state index in [-0.39, 0.29) is 17.8 Å². The third-order valence-corrected chi connectivity index (χ3v) is 5.73. The predicted molar refractivity (Wildman–Crippen MR) is 119 cm³/mol. The maximum atomic E-state index is 14.4. The van der Waals surface area contributed by atoms with Gasteiger partial charge in [0.25, 0.3) is 5.91 Å². The number of esters is 1. The Morgan fingerprint density at radius 3 is 2.53 bits per heavy atom. The number of hydrogen-bond donors (Lipinski definition) is 0. The van der Waals surface area contributed by atoms with Gasteiger partial charge in [0.05, 0.1) is 23.9 Å². The van der Waals surface area contributed by atoms with Crippen LogP contribution < -0.4 is 0 Å². The molecular weight excluding hydrogens is 409 g/mol. The maximum absolute atomic E-state index is 14.4. The molecular formula is C25H26FN3O3. The van der Waals surface area contributed by atoms with Gasteiger partial charge >= 0.3 is 5.97 Å². The molecule has 0 atom stereocenters. The SMILES string of the molecule is CCOC(=O)C1CCN(C(=O)c2cc(-c3ccccc3F)nn2-c2cccc(C)c2)CC1. The lowest BCUT2D eigenvalue weighted by molar-refractivity contribution is -0.149. The highest BCUT2D eigenvalue weighted by atomic mass is 19.1. The summed E-state index contributed by atoms with van der Waals surface area (Å²) >= 11 is 0. The molecule has 6 nitrogen and oxygen atoms in total. The number of nitrogens with zero attached hydrogens (tertiary/aromatic N) is 3. The summed E-state index contributed by atoms with van der Waals surface area (Å²) in [6, 6.07) is 15.7. The fourth-order valence-electron chi connectivity index (χ4n) is 4.03.